The second-order valence-electron chi connectivity index (χ2n) is 9.38. The Hall–Kier alpha value is -2.41. The molecule has 1 atom stereocenters. The summed E-state index contributed by atoms with van der Waals surface area (Å²) in [5.41, 5.74) is 8.38. The van der Waals surface area contributed by atoms with E-state index in [4.69, 9.17) is 19.9 Å². The van der Waals surface area contributed by atoms with Gasteiger partial charge >= 0.3 is 0 Å². The van der Waals surface area contributed by atoms with E-state index in [-0.39, 0.29) is 11.5 Å². The molecule has 0 radical (unpaired) electrons. The second-order valence-corrected chi connectivity index (χ2v) is 9.38. The average molecular weight is 471 g/mol. The molecule has 2 aromatic rings. The van der Waals surface area contributed by atoms with Gasteiger partial charge in [-0.1, -0.05) is 42.5 Å². The van der Waals surface area contributed by atoms with Crippen molar-refractivity contribution in [2.24, 2.45) is 5.73 Å². The molecular weight excluding hydrogens is 428 g/mol. The van der Waals surface area contributed by atoms with Crippen molar-refractivity contribution in [2.75, 3.05) is 26.3 Å². The van der Waals surface area contributed by atoms with Gasteiger partial charge in [0, 0.05) is 19.8 Å². The lowest BCUT2D eigenvalue weighted by molar-refractivity contribution is -0.159. The SMILES string of the molecule is CCOC(CN(CCCc1ccccc1)C(=O)[C@@H](N)Cc1ccc(OC(C)(C)C)cc1)OCC. The molecule has 0 saturated carbocycles. The molecule has 0 heterocycles. The van der Waals surface area contributed by atoms with E-state index < -0.39 is 12.3 Å². The third-order valence-corrected chi connectivity index (χ3v) is 5.24. The van der Waals surface area contributed by atoms with Crippen molar-refractivity contribution in [2.45, 2.75) is 71.8 Å². The molecule has 2 aromatic carbocycles. The number of rotatable bonds is 14. The Morgan fingerprint density at radius 3 is 2.12 bits per heavy atom. The lowest BCUT2D eigenvalue weighted by atomic mass is 10.0. The Morgan fingerprint density at radius 2 is 1.56 bits per heavy atom. The Morgan fingerprint density at radius 1 is 0.941 bits per heavy atom. The van der Waals surface area contributed by atoms with Crippen LogP contribution in [0.1, 0.15) is 52.2 Å². The van der Waals surface area contributed by atoms with Crippen LogP contribution in [0.4, 0.5) is 0 Å². The number of hydrogen-bond donors (Lipinski definition) is 1. The fourth-order valence-electron chi connectivity index (χ4n) is 3.74. The van der Waals surface area contributed by atoms with E-state index >= 15 is 0 Å². The third kappa shape index (κ3) is 10.2. The Kier molecular flexibility index (Phi) is 11.5. The van der Waals surface area contributed by atoms with Crippen molar-refractivity contribution in [1.29, 1.82) is 0 Å². The van der Waals surface area contributed by atoms with Crippen LogP contribution in [0.15, 0.2) is 54.6 Å². The van der Waals surface area contributed by atoms with Gasteiger partial charge in [0.15, 0.2) is 6.29 Å². The van der Waals surface area contributed by atoms with Gasteiger partial charge in [0.1, 0.15) is 11.4 Å². The van der Waals surface area contributed by atoms with E-state index in [2.05, 4.69) is 12.1 Å². The van der Waals surface area contributed by atoms with Crippen LogP contribution < -0.4 is 10.5 Å². The molecule has 0 aliphatic carbocycles. The molecule has 2 N–H and O–H groups in total. The van der Waals surface area contributed by atoms with Gasteiger partial charge in [-0.05, 0) is 77.1 Å². The van der Waals surface area contributed by atoms with Gasteiger partial charge in [-0.25, -0.2) is 0 Å². The quantitative estimate of drug-likeness (QED) is 0.409. The third-order valence-electron chi connectivity index (χ3n) is 5.24. The predicted molar refractivity (Wildman–Crippen MR) is 137 cm³/mol. The van der Waals surface area contributed by atoms with Crippen molar-refractivity contribution in [3.63, 3.8) is 0 Å². The monoisotopic (exact) mass is 470 g/mol. The summed E-state index contributed by atoms with van der Waals surface area (Å²) in [6, 6.07) is 17.4. The predicted octanol–water partition coefficient (Wildman–Crippen LogP) is 4.59. The minimum Gasteiger partial charge on any atom is -0.488 e. The summed E-state index contributed by atoms with van der Waals surface area (Å²) < 4.78 is 17.3. The molecule has 6 nitrogen and oxygen atoms in total. The molecule has 0 spiro atoms. The molecule has 1 amide bonds. The van der Waals surface area contributed by atoms with E-state index in [0.717, 1.165) is 24.2 Å². The maximum absolute atomic E-state index is 13.4. The number of carbonyl (C=O) groups excluding carboxylic acids is 1. The zero-order valence-corrected chi connectivity index (χ0v) is 21.5. The summed E-state index contributed by atoms with van der Waals surface area (Å²) in [6.45, 7) is 11.9. The van der Waals surface area contributed by atoms with E-state index in [1.807, 2.05) is 77.1 Å². The first-order valence-electron chi connectivity index (χ1n) is 12.3. The minimum atomic E-state index is -0.644. The fourth-order valence-corrected chi connectivity index (χ4v) is 3.74. The van der Waals surface area contributed by atoms with Crippen molar-refractivity contribution in [1.82, 2.24) is 4.90 Å². The van der Waals surface area contributed by atoms with Crippen LogP contribution in [-0.4, -0.2) is 55.0 Å². The number of carbonyl (C=O) groups is 1. The smallest absolute Gasteiger partial charge is 0.240 e. The topological polar surface area (TPSA) is 74.0 Å². The number of nitrogens with two attached hydrogens (primary N) is 1. The zero-order chi connectivity index (χ0) is 25.0. The molecular formula is C28H42N2O4. The van der Waals surface area contributed by atoms with E-state index in [1.165, 1.54) is 5.56 Å². The van der Waals surface area contributed by atoms with E-state index in [1.54, 1.807) is 4.90 Å². The van der Waals surface area contributed by atoms with Crippen molar-refractivity contribution >= 4 is 5.91 Å². The molecule has 0 fully saturated rings. The van der Waals surface area contributed by atoms with Crippen LogP contribution >= 0.6 is 0 Å². The summed E-state index contributed by atoms with van der Waals surface area (Å²) in [5, 5.41) is 0. The molecule has 0 unspecified atom stereocenters. The minimum absolute atomic E-state index is 0.0903. The van der Waals surface area contributed by atoms with Crippen LogP contribution in [0.3, 0.4) is 0 Å². The number of ether oxygens (including phenoxy) is 3. The van der Waals surface area contributed by atoms with Gasteiger partial charge < -0.3 is 24.8 Å². The van der Waals surface area contributed by atoms with Crippen LogP contribution in [0.2, 0.25) is 0 Å². The Bertz CT molecular complexity index is 828. The largest absolute Gasteiger partial charge is 0.488 e. The summed E-state index contributed by atoms with van der Waals surface area (Å²) in [7, 11) is 0. The molecule has 0 saturated heterocycles. The van der Waals surface area contributed by atoms with Crippen LogP contribution in [-0.2, 0) is 27.1 Å². The number of benzene rings is 2. The number of hydrogen-bond acceptors (Lipinski definition) is 5. The highest BCUT2D eigenvalue weighted by atomic mass is 16.7. The standard InChI is InChI=1S/C28H42N2O4/c1-6-32-26(33-7-2)21-30(19-11-14-22-12-9-8-10-13-22)27(31)25(29)20-23-15-17-24(18-16-23)34-28(3,4)5/h8-10,12-13,15-18,25-26H,6-7,11,14,19-21,29H2,1-5H3/t25-/m0/s1. The lowest BCUT2D eigenvalue weighted by Gasteiger charge is -2.29. The lowest BCUT2D eigenvalue weighted by Crippen LogP contribution is -2.48. The molecule has 0 aromatic heterocycles. The molecule has 0 bridgehead atoms. The Labute approximate surface area is 205 Å². The average Bonchev–Trinajstić information content (AvgIpc) is 2.79. The van der Waals surface area contributed by atoms with E-state index in [9.17, 15) is 4.79 Å². The summed E-state index contributed by atoms with van der Waals surface area (Å²) in [4.78, 5) is 15.1. The first kappa shape index (κ1) is 27.8. The number of nitrogens with zero attached hydrogens (tertiary/aromatic N) is 1. The van der Waals surface area contributed by atoms with E-state index in [0.29, 0.717) is 32.7 Å². The van der Waals surface area contributed by atoms with Gasteiger partial charge in [0.25, 0.3) is 0 Å². The highest BCUT2D eigenvalue weighted by Gasteiger charge is 2.24. The van der Waals surface area contributed by atoms with Gasteiger partial charge in [-0.2, -0.15) is 0 Å². The van der Waals surface area contributed by atoms with Gasteiger partial charge in [-0.3, -0.25) is 4.79 Å². The maximum atomic E-state index is 13.4. The normalized spacial score (nSPS) is 12.6. The molecule has 34 heavy (non-hydrogen) atoms. The van der Waals surface area contributed by atoms with Crippen LogP contribution in [0.5, 0.6) is 5.75 Å². The fraction of sp³-hybridized carbons (Fsp3) is 0.536. The Balaban J connectivity index is 2.03. The number of amides is 1. The van der Waals surface area contributed by atoms with Gasteiger partial charge in [-0.15, -0.1) is 0 Å². The highest BCUT2D eigenvalue weighted by molar-refractivity contribution is 5.82. The summed E-state index contributed by atoms with van der Waals surface area (Å²) >= 11 is 0. The summed E-state index contributed by atoms with van der Waals surface area (Å²) in [5.74, 6) is 0.711. The zero-order valence-electron chi connectivity index (χ0n) is 21.5. The van der Waals surface area contributed by atoms with Crippen LogP contribution in [0, 0.1) is 0 Å². The second kappa shape index (κ2) is 14.1. The van der Waals surface area contributed by atoms with Crippen LogP contribution in [0.25, 0.3) is 0 Å². The highest BCUT2D eigenvalue weighted by Crippen LogP contribution is 2.19. The molecule has 188 valence electrons. The number of aryl methyl sites for hydroxylation is 1. The summed E-state index contributed by atoms with van der Waals surface area (Å²) in [6.07, 6.45) is 1.73. The molecule has 6 heteroatoms. The van der Waals surface area contributed by atoms with Crippen molar-refractivity contribution in [3.05, 3.63) is 65.7 Å². The van der Waals surface area contributed by atoms with Gasteiger partial charge in [0.05, 0.1) is 12.6 Å². The van der Waals surface area contributed by atoms with Crippen molar-refractivity contribution in [3.8, 4) is 5.75 Å². The first-order chi connectivity index (χ1) is 16.2. The van der Waals surface area contributed by atoms with Crippen molar-refractivity contribution < 1.29 is 19.0 Å². The molecule has 2 rings (SSSR count). The first-order valence-corrected chi connectivity index (χ1v) is 12.3. The maximum Gasteiger partial charge on any atom is 0.240 e. The molecule has 0 aliphatic rings. The molecule has 0 aliphatic heterocycles. The van der Waals surface area contributed by atoms with Gasteiger partial charge in [0.2, 0.25) is 5.91 Å².